The first-order valence-corrected chi connectivity index (χ1v) is 9.94. The second-order valence-electron chi connectivity index (χ2n) is 7.22. The number of methoxy groups -OCH3 is 1. The third kappa shape index (κ3) is 4.18. The van der Waals surface area contributed by atoms with E-state index in [4.69, 9.17) is 12.6 Å². The molecule has 4 aromatic rings. The number of aromatic nitrogens is 1. The van der Waals surface area contributed by atoms with Crippen LogP contribution in [0, 0.1) is 0 Å². The number of benzene rings is 3. The summed E-state index contributed by atoms with van der Waals surface area (Å²) >= 11 is 0. The number of para-hydroxylation sites is 1. The van der Waals surface area contributed by atoms with Crippen molar-refractivity contribution in [2.75, 3.05) is 7.11 Å². The number of hydrogen-bond donors (Lipinski definition) is 1. The Kier molecular flexibility index (Phi) is 5.90. The summed E-state index contributed by atoms with van der Waals surface area (Å²) in [6.45, 7) is 0.220. The van der Waals surface area contributed by atoms with Crippen molar-refractivity contribution in [3.8, 4) is 5.75 Å². The molecule has 0 unspecified atom stereocenters. The summed E-state index contributed by atoms with van der Waals surface area (Å²) in [5.41, 5.74) is 1.39. The van der Waals surface area contributed by atoms with Crippen LogP contribution in [-0.4, -0.2) is 31.3 Å². The van der Waals surface area contributed by atoms with Crippen molar-refractivity contribution in [2.45, 2.75) is 6.54 Å². The fourth-order valence-corrected chi connectivity index (χ4v) is 3.40. The molecule has 4 rings (SSSR count). The summed E-state index contributed by atoms with van der Waals surface area (Å²) in [4.78, 5) is 39.4. The lowest BCUT2D eigenvalue weighted by molar-refractivity contribution is 0.0946. The van der Waals surface area contributed by atoms with Gasteiger partial charge >= 0.3 is 0 Å². The van der Waals surface area contributed by atoms with E-state index in [1.807, 2.05) is 0 Å². The van der Waals surface area contributed by atoms with E-state index in [9.17, 15) is 14.4 Å². The van der Waals surface area contributed by atoms with Crippen molar-refractivity contribution in [3.05, 3.63) is 106 Å². The van der Waals surface area contributed by atoms with Crippen LogP contribution in [0.25, 0.3) is 10.9 Å². The van der Waals surface area contributed by atoms with Crippen LogP contribution >= 0.6 is 0 Å². The van der Waals surface area contributed by atoms with E-state index >= 15 is 0 Å². The van der Waals surface area contributed by atoms with Crippen molar-refractivity contribution in [1.29, 1.82) is 0 Å². The van der Waals surface area contributed by atoms with E-state index in [-0.39, 0.29) is 12.1 Å². The maximum atomic E-state index is 13.3. The zero-order valence-electron chi connectivity index (χ0n) is 17.4. The highest BCUT2D eigenvalue weighted by Gasteiger charge is 2.20. The number of hydrogen-bond acceptors (Lipinski definition) is 4. The molecule has 156 valence electrons. The van der Waals surface area contributed by atoms with Gasteiger partial charge in [-0.3, -0.25) is 14.4 Å². The van der Waals surface area contributed by atoms with Gasteiger partial charge in [0, 0.05) is 12.1 Å². The van der Waals surface area contributed by atoms with Crippen molar-refractivity contribution in [3.63, 3.8) is 0 Å². The molecule has 3 aromatic carbocycles. The number of pyridine rings is 1. The first kappa shape index (κ1) is 21.1. The Morgan fingerprint density at radius 1 is 0.969 bits per heavy atom. The van der Waals surface area contributed by atoms with Gasteiger partial charge in [0.25, 0.3) is 17.4 Å². The van der Waals surface area contributed by atoms with Crippen molar-refractivity contribution in [1.82, 2.24) is 9.88 Å². The second-order valence-corrected chi connectivity index (χ2v) is 7.22. The van der Waals surface area contributed by atoms with E-state index in [0.717, 1.165) is 10.1 Å². The highest BCUT2D eigenvalue weighted by Crippen LogP contribution is 2.17. The summed E-state index contributed by atoms with van der Waals surface area (Å²) in [6.07, 6.45) is 0. The van der Waals surface area contributed by atoms with Crippen LogP contribution in [0.1, 0.15) is 26.3 Å². The van der Waals surface area contributed by atoms with E-state index in [0.29, 0.717) is 27.7 Å². The number of fused-ring (bicyclic) bond motifs is 1. The Labute approximate surface area is 185 Å². The third-order valence-corrected chi connectivity index (χ3v) is 5.13. The Hall–Kier alpha value is -4.13. The number of ether oxygens (including phenoxy) is 1. The molecule has 1 N–H and O–H groups in total. The molecule has 0 saturated heterocycles. The van der Waals surface area contributed by atoms with Crippen molar-refractivity contribution in [2.24, 2.45) is 0 Å². The fraction of sp³-hybridized carbons (Fsp3) is 0.0800. The molecular weight excluding hydrogens is 403 g/mol. The van der Waals surface area contributed by atoms with E-state index in [1.54, 1.807) is 72.8 Å². The molecule has 0 bridgehead atoms. The molecule has 32 heavy (non-hydrogen) atoms. The maximum absolute atomic E-state index is 13.3. The lowest BCUT2D eigenvalue weighted by atomic mass is 9.95. The molecule has 0 aliphatic carbocycles. The van der Waals surface area contributed by atoms with E-state index in [2.05, 4.69) is 5.32 Å². The molecule has 6 nitrogen and oxygen atoms in total. The quantitative estimate of drug-likeness (QED) is 0.502. The molecule has 0 fully saturated rings. The number of rotatable bonds is 5. The van der Waals surface area contributed by atoms with Crippen LogP contribution in [0.15, 0.2) is 83.7 Å². The minimum absolute atomic E-state index is 0.110. The highest BCUT2D eigenvalue weighted by molar-refractivity contribution is 6.32. The van der Waals surface area contributed by atoms with Gasteiger partial charge < -0.3 is 10.1 Å². The highest BCUT2D eigenvalue weighted by atomic mass is 16.5. The standard InChI is InChI=1S/C25H19BN2O4/c1-32-20-12-8-17(9-13-20)24(30)28-22-5-3-2-4-18(22)14-21(25(28)31)23(29)27-15-16-6-10-19(26)11-7-16/h2-14H,15H2,1H3,(H,27,29). The number of amides is 1. The first-order chi connectivity index (χ1) is 15.5. The number of nitrogens with one attached hydrogen (secondary N) is 1. The zero-order chi connectivity index (χ0) is 22.7. The minimum atomic E-state index is -0.681. The SMILES string of the molecule is [B]c1ccc(CNC(=O)c2cc3ccccc3n(C(=O)c3ccc(OC)cc3)c2=O)cc1. The van der Waals surface area contributed by atoms with Gasteiger partial charge in [-0.1, -0.05) is 47.9 Å². The smallest absolute Gasteiger partial charge is 0.270 e. The van der Waals surface area contributed by atoms with Gasteiger partial charge in [-0.05, 0) is 47.3 Å². The van der Waals surface area contributed by atoms with Gasteiger partial charge in [0.05, 0.1) is 12.6 Å². The zero-order valence-corrected chi connectivity index (χ0v) is 17.4. The van der Waals surface area contributed by atoms with Crippen LogP contribution in [0.3, 0.4) is 0 Å². The van der Waals surface area contributed by atoms with Crippen LogP contribution in [0.2, 0.25) is 0 Å². The Morgan fingerprint density at radius 2 is 1.66 bits per heavy atom. The fourth-order valence-electron chi connectivity index (χ4n) is 3.40. The normalized spacial score (nSPS) is 10.7. The summed E-state index contributed by atoms with van der Waals surface area (Å²) < 4.78 is 6.17. The second kappa shape index (κ2) is 8.94. The molecule has 1 heterocycles. The number of nitrogens with zero attached hydrogens (tertiary/aromatic N) is 1. The molecule has 0 spiro atoms. The van der Waals surface area contributed by atoms with Crippen molar-refractivity contribution < 1.29 is 14.3 Å². The molecule has 0 atom stereocenters. The topological polar surface area (TPSA) is 77.4 Å². The Bertz CT molecular complexity index is 1360. The molecule has 0 aliphatic heterocycles. The molecule has 2 radical (unpaired) electrons. The molecule has 1 aromatic heterocycles. The average Bonchev–Trinajstić information content (AvgIpc) is 2.83. The lowest BCUT2D eigenvalue weighted by Crippen LogP contribution is -2.35. The average molecular weight is 422 g/mol. The van der Waals surface area contributed by atoms with Gasteiger partial charge in [-0.2, -0.15) is 0 Å². The van der Waals surface area contributed by atoms with Gasteiger partial charge in [-0.25, -0.2) is 4.57 Å². The summed E-state index contributed by atoms with van der Waals surface area (Å²) in [5.74, 6) is -0.495. The molecule has 7 heteroatoms. The summed E-state index contributed by atoms with van der Waals surface area (Å²) in [6, 6.07) is 22.0. The monoisotopic (exact) mass is 422 g/mol. The molecular formula is C25H19BN2O4. The van der Waals surface area contributed by atoms with Crippen LogP contribution in [-0.2, 0) is 6.54 Å². The first-order valence-electron chi connectivity index (χ1n) is 9.94. The number of carbonyl (C=O) groups is 2. The third-order valence-electron chi connectivity index (χ3n) is 5.13. The van der Waals surface area contributed by atoms with Gasteiger partial charge in [0.1, 0.15) is 19.2 Å². The van der Waals surface area contributed by atoms with E-state index < -0.39 is 17.4 Å². The number of carbonyl (C=O) groups excluding carboxylic acids is 2. The summed E-state index contributed by atoms with van der Waals surface area (Å²) in [5, 5.41) is 3.34. The van der Waals surface area contributed by atoms with Gasteiger partial charge in [-0.15, -0.1) is 0 Å². The van der Waals surface area contributed by atoms with E-state index in [1.165, 1.54) is 13.2 Å². The lowest BCUT2D eigenvalue weighted by Gasteiger charge is -2.12. The molecule has 0 saturated carbocycles. The largest absolute Gasteiger partial charge is 0.497 e. The van der Waals surface area contributed by atoms with Crippen LogP contribution < -0.4 is 21.1 Å². The Balaban J connectivity index is 1.73. The summed E-state index contributed by atoms with van der Waals surface area (Å²) in [7, 11) is 7.21. The van der Waals surface area contributed by atoms with Crippen molar-refractivity contribution >= 4 is 36.0 Å². The maximum Gasteiger partial charge on any atom is 0.270 e. The van der Waals surface area contributed by atoms with Gasteiger partial charge in [0.2, 0.25) is 0 Å². The predicted octanol–water partition coefficient (Wildman–Crippen LogP) is 2.42. The van der Waals surface area contributed by atoms with Gasteiger partial charge in [0.15, 0.2) is 0 Å². The predicted molar refractivity (Wildman–Crippen MR) is 124 cm³/mol. The Morgan fingerprint density at radius 3 is 2.34 bits per heavy atom. The minimum Gasteiger partial charge on any atom is -0.497 e. The van der Waals surface area contributed by atoms with Crippen LogP contribution in [0.5, 0.6) is 5.75 Å². The molecule has 0 aliphatic rings. The van der Waals surface area contributed by atoms with Crippen LogP contribution in [0.4, 0.5) is 0 Å². The molecule has 1 amide bonds.